The van der Waals surface area contributed by atoms with E-state index in [1.165, 1.54) is 22.4 Å². The second-order valence-electron chi connectivity index (χ2n) is 20.8. The lowest BCUT2D eigenvalue weighted by atomic mass is 9.70. The van der Waals surface area contributed by atoms with Gasteiger partial charge in [-0.05, 0) is 85.3 Å². The lowest BCUT2D eigenvalue weighted by molar-refractivity contribution is -0.128. The smallest absolute Gasteiger partial charge is 0.299 e. The van der Waals surface area contributed by atoms with Crippen LogP contribution in [-0.4, -0.2) is 140 Å². The van der Waals surface area contributed by atoms with Gasteiger partial charge in [0.2, 0.25) is 11.6 Å². The van der Waals surface area contributed by atoms with Crippen molar-refractivity contribution in [2.24, 2.45) is 27.0 Å². The molecule has 6 aromatic rings. The van der Waals surface area contributed by atoms with Gasteiger partial charge in [0, 0.05) is 31.7 Å². The van der Waals surface area contributed by atoms with Gasteiger partial charge in [0.15, 0.2) is 11.6 Å². The minimum absolute atomic E-state index is 0. The molecule has 2 bridgehead atoms. The Balaban J connectivity index is 0.000000197. The van der Waals surface area contributed by atoms with Gasteiger partial charge < -0.3 is 0 Å². The molecule has 10 rings (SSSR count). The van der Waals surface area contributed by atoms with Crippen LogP contribution in [0.5, 0.6) is 0 Å². The third-order valence-corrected chi connectivity index (χ3v) is 19.7. The molecule has 2 atom stereocenters. The van der Waals surface area contributed by atoms with Crippen molar-refractivity contribution >= 4 is 106 Å². The number of aryl methyl sites for hydroxylation is 4. The molecule has 33 heteroatoms. The van der Waals surface area contributed by atoms with Gasteiger partial charge in [-0.25, -0.2) is 28.5 Å². The second-order valence-corrected chi connectivity index (χ2v) is 26.9. The molecule has 2 fully saturated rings. The van der Waals surface area contributed by atoms with Crippen LogP contribution >= 0.6 is 23.2 Å². The molecule has 2 saturated carbocycles. The normalized spacial score (nSPS) is 18.7. The highest BCUT2D eigenvalue weighted by atomic mass is 35.5. The molecule has 0 radical (unpaired) electrons. The number of alkyl halides is 6. The number of Topliss-reactive ketones (excluding diaryl/α,β-unsaturated/α-hetero) is 3. The summed E-state index contributed by atoms with van der Waals surface area (Å²) in [6, 6.07) is 14.0. The molecule has 6 heterocycles. The first-order chi connectivity index (χ1) is 39.7. The highest BCUT2D eigenvalue weighted by Gasteiger charge is 2.65. The van der Waals surface area contributed by atoms with Crippen LogP contribution in [0.3, 0.4) is 0 Å². The van der Waals surface area contributed by atoms with Gasteiger partial charge in [-0.15, -0.1) is 0 Å². The van der Waals surface area contributed by atoms with E-state index in [4.69, 9.17) is 27.8 Å². The van der Waals surface area contributed by atoms with Crippen molar-refractivity contribution in [1.29, 1.82) is 0 Å². The van der Waals surface area contributed by atoms with Crippen molar-refractivity contribution < 1.29 is 70.5 Å². The minimum Gasteiger partial charge on any atom is -0.299 e. The summed E-state index contributed by atoms with van der Waals surface area (Å²) in [6.45, 7) is 6.82. The molecule has 22 nitrogen and oxygen atoms in total. The summed E-state index contributed by atoms with van der Waals surface area (Å²) in [4.78, 5) is 55.0. The maximum absolute atomic E-state index is 13.0. The first-order valence-electron chi connectivity index (χ1n) is 26.3. The fraction of sp³-hybridized carbons (Fsp3) is 0.453. The predicted molar refractivity (Wildman–Crippen MR) is 310 cm³/mol. The Kier molecular flexibility index (Phi) is 19.8. The van der Waals surface area contributed by atoms with E-state index in [2.05, 4.69) is 30.1 Å². The number of anilines is 2. The van der Waals surface area contributed by atoms with Gasteiger partial charge in [-0.3, -0.25) is 37.8 Å². The Labute approximate surface area is 501 Å². The summed E-state index contributed by atoms with van der Waals surface area (Å²) in [5, 5.41) is 11.2. The monoisotopic (exact) mass is 1300 g/mol. The van der Waals surface area contributed by atoms with Gasteiger partial charge in [-0.2, -0.15) is 61.8 Å². The molecule has 4 aromatic heterocycles. The van der Waals surface area contributed by atoms with Crippen molar-refractivity contribution in [2.45, 2.75) is 104 Å². The Morgan fingerprint density at radius 1 is 0.663 bits per heavy atom. The average Bonchev–Trinajstić information content (AvgIpc) is 1.82. The van der Waals surface area contributed by atoms with Crippen LogP contribution in [0.1, 0.15) is 111 Å². The number of hydrazone groups is 2. The number of nitrogens with zero attached hydrogens (tertiary/aromatic N) is 12. The fourth-order valence-corrected chi connectivity index (χ4v) is 13.8. The molecule has 1 N–H and O–H groups in total. The van der Waals surface area contributed by atoms with E-state index < -0.39 is 52.3 Å². The van der Waals surface area contributed by atoms with E-state index in [0.717, 1.165) is 17.5 Å². The van der Waals surface area contributed by atoms with Crippen molar-refractivity contribution in [3.63, 3.8) is 0 Å². The number of aromatic nitrogens is 6. The zero-order valence-electron chi connectivity index (χ0n) is 45.8. The van der Waals surface area contributed by atoms with E-state index in [0.29, 0.717) is 107 Å². The maximum atomic E-state index is 13.0. The third kappa shape index (κ3) is 13.8. The summed E-state index contributed by atoms with van der Waals surface area (Å²) in [7, 11) is -15.0. The molecular formula is C53H60Cl2F6N12O10S3. The van der Waals surface area contributed by atoms with Gasteiger partial charge in [-0.1, -0.05) is 82.6 Å². The van der Waals surface area contributed by atoms with Gasteiger partial charge in [0.25, 0.3) is 10.1 Å². The van der Waals surface area contributed by atoms with Gasteiger partial charge in [0.05, 0.1) is 82.5 Å². The first-order valence-corrected chi connectivity index (χ1v) is 31.5. The molecule has 2 aliphatic carbocycles. The fourth-order valence-electron chi connectivity index (χ4n) is 10.7. The van der Waals surface area contributed by atoms with Crippen LogP contribution in [-0.2, 0) is 60.6 Å². The van der Waals surface area contributed by atoms with Crippen LogP contribution < -0.4 is 10.0 Å². The number of ketones is 3. The molecule has 0 spiro atoms. The summed E-state index contributed by atoms with van der Waals surface area (Å²) >= 11 is 12.1. The van der Waals surface area contributed by atoms with E-state index in [-0.39, 0.29) is 83.7 Å². The van der Waals surface area contributed by atoms with Crippen LogP contribution in [0, 0.1) is 16.7 Å². The molecule has 86 heavy (non-hydrogen) atoms. The highest BCUT2D eigenvalue weighted by molar-refractivity contribution is 7.90. The van der Waals surface area contributed by atoms with Crippen molar-refractivity contribution in [3.8, 4) is 0 Å². The number of halogens is 8. The van der Waals surface area contributed by atoms with E-state index >= 15 is 0 Å². The summed E-state index contributed by atoms with van der Waals surface area (Å²) < 4.78 is 157. The van der Waals surface area contributed by atoms with Crippen LogP contribution in [0.25, 0.3) is 11.6 Å². The summed E-state index contributed by atoms with van der Waals surface area (Å²) in [5.41, 5.74) is -6.80. The van der Waals surface area contributed by atoms with Crippen molar-refractivity contribution in [1.82, 2.24) is 37.3 Å². The number of imidazole rings is 2. The molecule has 2 aliphatic heterocycles. The Bertz CT molecular complexity index is 3730. The lowest BCUT2D eigenvalue weighted by Crippen LogP contribution is -2.46. The quantitative estimate of drug-likeness (QED) is 0.0537. The predicted octanol–water partition coefficient (Wildman–Crippen LogP) is 9.26. The summed E-state index contributed by atoms with van der Waals surface area (Å²) in [6.07, 6.45) is 11.9. The lowest BCUT2D eigenvalue weighted by Gasteiger charge is -2.35. The second kappa shape index (κ2) is 25.5. The largest absolute Gasteiger partial charge is 0.516 e. The van der Waals surface area contributed by atoms with E-state index in [1.54, 1.807) is 69.7 Å². The molecule has 466 valence electrons. The first kappa shape index (κ1) is 66.7. The number of carbonyl (C=O) groups is 3. The van der Waals surface area contributed by atoms with E-state index in [1.807, 2.05) is 27.7 Å². The zero-order chi connectivity index (χ0) is 62.2. The number of sulfonamides is 2. The molecule has 2 aromatic carbocycles. The molecule has 4 aliphatic rings. The molecule has 0 saturated heterocycles. The third-order valence-electron chi connectivity index (χ3n) is 15.5. The number of hydrogen-bond acceptors (Lipinski definition) is 17. The standard InChI is InChI=1S/2C21H20ClF3N6O3S.C10H16O4S.CH4/c2*1-2-17-19(30-12-15(22)11-26-20(30)28-17)18(32)8-5-14-3-6-16(7-4-14)31-10-9-29(13-27-31)35(33,34)21(23,24)25;1-9(2)7-3-4-10(9,8(11)5-7)6-15(12,13)14;/h2*3-4,6-7,11-13H,2,5,8-10H2,1H3;7H,3-6H2,1-2H3,(H,12,13,14);1H4/t;;7-,10-;/m..0./s1. The highest BCUT2D eigenvalue weighted by Crippen LogP contribution is 2.64. The van der Waals surface area contributed by atoms with Crippen LogP contribution in [0.15, 0.2) is 83.5 Å². The Hall–Kier alpha value is -6.80. The number of carbonyl (C=O) groups excluding carboxylic acids is 3. The number of hydrogen-bond donors (Lipinski definition) is 1. The van der Waals surface area contributed by atoms with Crippen LogP contribution in [0.2, 0.25) is 10.0 Å². The maximum Gasteiger partial charge on any atom is 0.516 e. The zero-order valence-corrected chi connectivity index (χ0v) is 49.8. The molecule has 0 amide bonds. The topological polar surface area (TPSA) is 272 Å². The summed E-state index contributed by atoms with van der Waals surface area (Å²) in [5.74, 6) is 0.504. The van der Waals surface area contributed by atoms with Crippen molar-refractivity contribution in [2.75, 3.05) is 41.9 Å². The molecular weight excluding hydrogens is 1250 g/mol. The van der Waals surface area contributed by atoms with Crippen molar-refractivity contribution in [3.05, 3.63) is 117 Å². The average molecular weight is 1310 g/mol. The molecule has 0 unspecified atom stereocenters. The van der Waals surface area contributed by atoms with Gasteiger partial charge >= 0.3 is 31.1 Å². The van der Waals surface area contributed by atoms with E-state index in [9.17, 15) is 66.0 Å². The SMILES string of the molecule is C.CC1(C)[C@H]2CC[C@]1(CS(=O)(=O)O)C(=O)C2.CCc1nc2ncc(Cl)cn2c1C(=O)CCc1ccc(N2CCN(S(=O)(=O)C(F)(F)F)C=N2)cc1.CCc1nc2ncc(Cl)cn2c1C(=O)CCc1ccc(N2CCN(S(=O)(=O)C(F)(F)F)C=N2)cc1. The van der Waals surface area contributed by atoms with Gasteiger partial charge in [0.1, 0.15) is 29.8 Å². The number of rotatable bonds is 16. The Morgan fingerprint density at radius 2 is 1.06 bits per heavy atom. The van der Waals surface area contributed by atoms with Crippen LogP contribution in [0.4, 0.5) is 37.7 Å². The number of fused-ring (bicyclic) bond motifs is 4. The number of benzene rings is 2. The minimum atomic E-state index is -5.46. The Morgan fingerprint density at radius 3 is 1.36 bits per heavy atom.